The van der Waals surface area contributed by atoms with E-state index >= 15 is 0 Å². The van der Waals surface area contributed by atoms with Crippen LogP contribution in [-0.4, -0.2) is 96.7 Å². The number of unbranched alkanes of at least 4 members (excludes halogenated alkanes) is 40. The summed E-state index contributed by atoms with van der Waals surface area (Å²) in [5.74, 6) is -0.610. The summed E-state index contributed by atoms with van der Waals surface area (Å²) in [6.45, 7) is 9.53. The molecule has 0 aromatic heterocycles. The summed E-state index contributed by atoms with van der Waals surface area (Å²) in [7, 11) is -9.92. The van der Waals surface area contributed by atoms with E-state index in [2.05, 4.69) is 65.8 Å². The van der Waals surface area contributed by atoms with E-state index in [9.17, 15) is 43.2 Å². The highest BCUT2D eigenvalue weighted by Crippen LogP contribution is 2.45. The van der Waals surface area contributed by atoms with Gasteiger partial charge in [0.1, 0.15) is 19.3 Å². The minimum Gasteiger partial charge on any atom is -0.462 e. The molecule has 3 N–H and O–H groups in total. The third kappa shape index (κ3) is 69.8. The number of carbonyl (C=O) groups is 4. The van der Waals surface area contributed by atoms with Gasteiger partial charge in [-0.05, 0) is 63.2 Å². The van der Waals surface area contributed by atoms with Gasteiger partial charge in [0.05, 0.1) is 26.4 Å². The normalized spacial score (nSPS) is 14.2. The maximum Gasteiger partial charge on any atom is 0.472 e. The Morgan fingerprint density at radius 3 is 0.863 bits per heavy atom. The van der Waals surface area contributed by atoms with E-state index in [1.165, 1.54) is 167 Å². The van der Waals surface area contributed by atoms with Crippen LogP contribution >= 0.6 is 15.6 Å². The second-order valence-electron chi connectivity index (χ2n) is 27.7. The average molecular weight is 1390 g/mol. The lowest BCUT2D eigenvalue weighted by molar-refractivity contribution is -0.161. The molecule has 0 aliphatic heterocycles. The zero-order chi connectivity index (χ0) is 70.0. The van der Waals surface area contributed by atoms with Crippen LogP contribution in [0.5, 0.6) is 0 Å². The minimum atomic E-state index is -4.96. The van der Waals surface area contributed by atoms with Crippen molar-refractivity contribution in [1.82, 2.24) is 0 Å². The van der Waals surface area contributed by atoms with E-state index in [1.54, 1.807) is 0 Å². The van der Waals surface area contributed by atoms with Crippen molar-refractivity contribution in [1.29, 1.82) is 0 Å². The molecule has 95 heavy (non-hydrogen) atoms. The molecular formula is C76H144O17P2. The van der Waals surface area contributed by atoms with Crippen LogP contribution in [0.25, 0.3) is 0 Å². The van der Waals surface area contributed by atoms with Crippen molar-refractivity contribution in [2.24, 2.45) is 11.8 Å². The summed E-state index contributed by atoms with van der Waals surface area (Å²) in [4.78, 5) is 72.8. The van der Waals surface area contributed by atoms with E-state index in [0.29, 0.717) is 25.7 Å². The van der Waals surface area contributed by atoms with E-state index in [1.807, 2.05) is 0 Å². The Hall–Kier alpha value is -2.46. The van der Waals surface area contributed by atoms with E-state index in [-0.39, 0.29) is 25.7 Å². The van der Waals surface area contributed by atoms with Crippen molar-refractivity contribution >= 4 is 39.5 Å². The summed E-state index contributed by atoms with van der Waals surface area (Å²) >= 11 is 0. The van der Waals surface area contributed by atoms with Gasteiger partial charge in [-0.25, -0.2) is 9.13 Å². The molecule has 0 radical (unpaired) electrons. The lowest BCUT2D eigenvalue weighted by Gasteiger charge is -2.21. The van der Waals surface area contributed by atoms with E-state index in [4.69, 9.17) is 37.0 Å². The Balaban J connectivity index is 5.29. The molecule has 0 saturated carbocycles. The predicted octanol–water partition coefficient (Wildman–Crippen LogP) is 21.9. The average Bonchev–Trinajstić information content (AvgIpc) is 2.82. The molecule has 0 spiro atoms. The molecule has 0 aromatic carbocycles. The van der Waals surface area contributed by atoms with Crippen LogP contribution in [0.2, 0.25) is 0 Å². The standard InChI is InChI=1S/C76H144O17P2/c1-7-9-11-13-15-17-19-20-21-24-28-35-41-47-53-59-74(79)87-65-71(92-75(80)60-54-48-42-36-29-25-22-23-27-32-38-44-50-56-68(3)4)66-90-94(82,83)88-62-70(77)63-89-95(84,85)91-67-72(64-86-73(78)58-52-46-40-34-26-18-16-14-12-10-8-2)93-76(81)61-55-49-43-37-31-30-33-39-45-51-57-69(5)6/h17,19-21,68-72,77H,7-16,18,22-67H2,1-6H3,(H,82,83)(H,84,85)/b19-17-,21-20-/t70-,71-,72-/m1/s1. The number of phosphoric ester groups is 2. The van der Waals surface area contributed by atoms with Gasteiger partial charge in [-0.2, -0.15) is 0 Å². The summed E-state index contributed by atoms with van der Waals surface area (Å²) in [6, 6.07) is 0. The zero-order valence-electron chi connectivity index (χ0n) is 61.5. The number of ether oxygens (including phenoxy) is 4. The molecule has 0 aromatic rings. The number of phosphoric acid groups is 2. The third-order valence-corrected chi connectivity index (χ3v) is 19.0. The van der Waals surface area contributed by atoms with Crippen LogP contribution in [-0.2, 0) is 65.4 Å². The van der Waals surface area contributed by atoms with Gasteiger partial charge in [0.15, 0.2) is 12.2 Å². The molecule has 0 heterocycles. The first-order valence-electron chi connectivity index (χ1n) is 38.8. The van der Waals surface area contributed by atoms with Crippen LogP contribution < -0.4 is 0 Å². The molecule has 0 rings (SSSR count). The van der Waals surface area contributed by atoms with Crippen LogP contribution in [0.3, 0.4) is 0 Å². The molecule has 19 heteroatoms. The molecule has 0 aliphatic rings. The van der Waals surface area contributed by atoms with Crippen LogP contribution in [0.1, 0.15) is 369 Å². The number of allylic oxidation sites excluding steroid dienone is 4. The highest BCUT2D eigenvalue weighted by atomic mass is 31.2. The first kappa shape index (κ1) is 92.5. The number of hydrogen-bond acceptors (Lipinski definition) is 15. The Labute approximate surface area is 580 Å². The number of aliphatic hydroxyl groups excluding tert-OH is 1. The van der Waals surface area contributed by atoms with Crippen molar-refractivity contribution in [3.8, 4) is 0 Å². The lowest BCUT2D eigenvalue weighted by atomic mass is 10.0. The lowest BCUT2D eigenvalue weighted by Crippen LogP contribution is -2.30. The molecular weight excluding hydrogens is 1250 g/mol. The van der Waals surface area contributed by atoms with Crippen LogP contribution in [0.4, 0.5) is 0 Å². The summed E-state index contributed by atoms with van der Waals surface area (Å²) in [6.07, 6.45) is 57.5. The predicted molar refractivity (Wildman–Crippen MR) is 386 cm³/mol. The fourth-order valence-corrected chi connectivity index (χ4v) is 12.7. The van der Waals surface area contributed by atoms with Gasteiger partial charge in [0.25, 0.3) is 0 Å². The topological polar surface area (TPSA) is 237 Å². The van der Waals surface area contributed by atoms with Crippen molar-refractivity contribution in [2.45, 2.75) is 387 Å². The van der Waals surface area contributed by atoms with Crippen LogP contribution in [0, 0.1) is 11.8 Å². The first-order chi connectivity index (χ1) is 45.9. The molecule has 0 aliphatic carbocycles. The number of aliphatic hydroxyl groups is 1. The molecule has 0 fully saturated rings. The fraction of sp³-hybridized carbons (Fsp3) is 0.895. The summed E-state index contributed by atoms with van der Waals surface area (Å²) < 4.78 is 68.5. The Bertz CT molecular complexity index is 1930. The van der Waals surface area contributed by atoms with E-state index in [0.717, 1.165) is 121 Å². The highest BCUT2D eigenvalue weighted by molar-refractivity contribution is 7.47. The molecule has 17 nitrogen and oxygen atoms in total. The molecule has 0 bridgehead atoms. The molecule has 0 amide bonds. The van der Waals surface area contributed by atoms with Crippen molar-refractivity contribution in [3.05, 3.63) is 24.3 Å². The Kier molecular flexibility index (Phi) is 65.6. The van der Waals surface area contributed by atoms with Gasteiger partial charge in [-0.3, -0.25) is 37.3 Å². The van der Waals surface area contributed by atoms with Crippen molar-refractivity contribution in [2.75, 3.05) is 39.6 Å². The number of carbonyl (C=O) groups excluding carboxylic acids is 4. The van der Waals surface area contributed by atoms with E-state index < -0.39 is 97.5 Å². The van der Waals surface area contributed by atoms with Gasteiger partial charge in [0.2, 0.25) is 0 Å². The van der Waals surface area contributed by atoms with Crippen molar-refractivity contribution in [3.63, 3.8) is 0 Å². The zero-order valence-corrected chi connectivity index (χ0v) is 63.2. The van der Waals surface area contributed by atoms with Gasteiger partial charge in [0, 0.05) is 25.7 Å². The minimum absolute atomic E-state index is 0.100. The Morgan fingerprint density at radius 1 is 0.326 bits per heavy atom. The van der Waals surface area contributed by atoms with Crippen molar-refractivity contribution < 1.29 is 80.2 Å². The monoisotopic (exact) mass is 1390 g/mol. The highest BCUT2D eigenvalue weighted by Gasteiger charge is 2.30. The fourth-order valence-electron chi connectivity index (χ4n) is 11.1. The number of esters is 4. The maximum absolute atomic E-state index is 13.1. The smallest absolute Gasteiger partial charge is 0.462 e. The van der Waals surface area contributed by atoms with Gasteiger partial charge >= 0.3 is 39.5 Å². The molecule has 0 saturated heterocycles. The third-order valence-electron chi connectivity index (χ3n) is 17.1. The number of rotatable bonds is 73. The molecule has 2 unspecified atom stereocenters. The summed E-state index contributed by atoms with van der Waals surface area (Å²) in [5, 5.41) is 10.6. The Morgan fingerprint density at radius 2 is 0.568 bits per heavy atom. The second kappa shape index (κ2) is 67.4. The quantitative estimate of drug-likeness (QED) is 0.0169. The largest absolute Gasteiger partial charge is 0.472 e. The molecule has 560 valence electrons. The van der Waals surface area contributed by atoms with Gasteiger partial charge in [-0.15, -0.1) is 0 Å². The summed E-state index contributed by atoms with van der Waals surface area (Å²) in [5.41, 5.74) is 0. The SMILES string of the molecule is CCCCCC/C=C\C=C/CCCCCCCC(=O)OC[C@H](COP(=O)(O)OC[C@@H](O)COP(=O)(O)OC[C@@H](COC(=O)CCCCCCCCCCCCC)OC(=O)CCCCCCCCCCCCC(C)C)OC(=O)CCCCCCCCCCCCCCCC(C)C. The number of hydrogen-bond donors (Lipinski definition) is 3. The van der Waals surface area contributed by atoms with Gasteiger partial charge in [-0.1, -0.05) is 316 Å². The molecule has 5 atom stereocenters. The maximum atomic E-state index is 13.1. The van der Waals surface area contributed by atoms with Gasteiger partial charge < -0.3 is 33.8 Å². The van der Waals surface area contributed by atoms with Crippen LogP contribution in [0.15, 0.2) is 24.3 Å². The first-order valence-corrected chi connectivity index (χ1v) is 41.8. The second-order valence-corrected chi connectivity index (χ2v) is 30.6.